The summed E-state index contributed by atoms with van der Waals surface area (Å²) in [6.45, 7) is 31.2. The molecule has 0 atom stereocenters. The molecule has 0 aliphatic rings. The molecule has 0 aliphatic carbocycles. The van der Waals surface area contributed by atoms with Gasteiger partial charge in [-0.15, -0.1) is 0 Å². The molecule has 0 saturated heterocycles. The van der Waals surface area contributed by atoms with E-state index in [1.54, 1.807) is 14.2 Å². The molecule has 4 nitrogen and oxygen atoms in total. The highest BCUT2D eigenvalue weighted by atomic mass is 16.5. The lowest BCUT2D eigenvalue weighted by molar-refractivity contribution is 0.159. The third kappa shape index (κ3) is 65.8. The highest BCUT2D eigenvalue weighted by Crippen LogP contribution is 2.20. The van der Waals surface area contributed by atoms with Crippen molar-refractivity contribution >= 4 is 0 Å². The SMILES string of the molecule is CN(C)CCC(C)(C)C.CN(C)CCC(C)(C)C.COCCC(C)(C)C.COCCCC(C)(C)C. The van der Waals surface area contributed by atoms with Gasteiger partial charge >= 0.3 is 0 Å². The van der Waals surface area contributed by atoms with Gasteiger partial charge < -0.3 is 19.3 Å². The van der Waals surface area contributed by atoms with Crippen LogP contribution in [0, 0.1) is 21.7 Å². The molecule has 0 spiro atoms. The monoisotopic (exact) mass is 505 g/mol. The Labute approximate surface area is 224 Å². The smallest absolute Gasteiger partial charge is 0.0467 e. The van der Waals surface area contributed by atoms with Crippen molar-refractivity contribution in [2.75, 3.05) is 68.7 Å². The topological polar surface area (TPSA) is 24.9 Å². The van der Waals surface area contributed by atoms with E-state index in [0.717, 1.165) is 19.6 Å². The molecule has 0 radical (unpaired) electrons. The second-order valence-electron chi connectivity index (χ2n) is 15.2. The highest BCUT2D eigenvalue weighted by molar-refractivity contribution is 4.63. The van der Waals surface area contributed by atoms with Crippen LogP contribution in [0.5, 0.6) is 0 Å². The Kier molecular flexibility index (Phi) is 26.2. The molecule has 0 aromatic heterocycles. The molecular weight excluding hydrogens is 432 g/mol. The van der Waals surface area contributed by atoms with E-state index in [1.807, 2.05) is 0 Å². The first-order chi connectivity index (χ1) is 15.5. The number of methoxy groups -OCH3 is 2. The van der Waals surface area contributed by atoms with E-state index in [1.165, 1.54) is 38.8 Å². The standard InChI is InChI=1S/2C8H19N.C8H18O.C7H16O/c2*1-8(2,3)6-7-9(4)5;1-8(2,3)6-5-7-9-4;1-7(2,3)5-6-8-4/h2*6-7H2,1-5H3;5-7H2,1-4H3;5-6H2,1-4H3. The summed E-state index contributed by atoms with van der Waals surface area (Å²) in [6, 6.07) is 0. The van der Waals surface area contributed by atoms with Gasteiger partial charge in [0, 0.05) is 27.4 Å². The van der Waals surface area contributed by atoms with Crippen LogP contribution in [0.2, 0.25) is 0 Å². The molecule has 0 heterocycles. The predicted octanol–water partition coefficient (Wildman–Crippen LogP) is 8.50. The van der Waals surface area contributed by atoms with Crippen LogP contribution >= 0.6 is 0 Å². The molecule has 0 N–H and O–H groups in total. The van der Waals surface area contributed by atoms with Gasteiger partial charge in [0.2, 0.25) is 0 Å². The highest BCUT2D eigenvalue weighted by Gasteiger charge is 2.10. The van der Waals surface area contributed by atoms with Gasteiger partial charge in [0.1, 0.15) is 0 Å². The van der Waals surface area contributed by atoms with Crippen molar-refractivity contribution in [1.82, 2.24) is 9.80 Å². The molecule has 0 amide bonds. The van der Waals surface area contributed by atoms with Crippen molar-refractivity contribution in [2.24, 2.45) is 21.7 Å². The minimum absolute atomic E-state index is 0.427. The normalized spacial score (nSPS) is 12.3. The second kappa shape index (κ2) is 21.9. The Morgan fingerprint density at radius 2 is 0.714 bits per heavy atom. The third-order valence-electron chi connectivity index (χ3n) is 4.95. The molecule has 0 bridgehead atoms. The van der Waals surface area contributed by atoms with E-state index in [0.29, 0.717) is 21.7 Å². The number of rotatable bonds is 9. The summed E-state index contributed by atoms with van der Waals surface area (Å²) in [7, 11) is 12.0. The van der Waals surface area contributed by atoms with Crippen molar-refractivity contribution in [2.45, 2.75) is 115 Å². The summed E-state index contributed by atoms with van der Waals surface area (Å²) in [5.74, 6) is 0. The van der Waals surface area contributed by atoms with Crippen LogP contribution in [0.4, 0.5) is 0 Å². The van der Waals surface area contributed by atoms with E-state index < -0.39 is 0 Å². The lowest BCUT2D eigenvalue weighted by atomic mass is 9.91. The van der Waals surface area contributed by atoms with Gasteiger partial charge in [-0.3, -0.25) is 0 Å². The quantitative estimate of drug-likeness (QED) is 0.294. The zero-order chi connectivity index (χ0) is 28.9. The molecule has 0 aromatic rings. The predicted molar refractivity (Wildman–Crippen MR) is 162 cm³/mol. The Balaban J connectivity index is -0.000000183. The fourth-order valence-corrected chi connectivity index (χ4v) is 2.27. The van der Waals surface area contributed by atoms with E-state index >= 15 is 0 Å². The van der Waals surface area contributed by atoms with Crippen LogP contribution in [-0.4, -0.2) is 78.5 Å². The van der Waals surface area contributed by atoms with Crippen LogP contribution in [0.3, 0.4) is 0 Å². The summed E-state index contributed by atoms with van der Waals surface area (Å²) < 4.78 is 9.86. The maximum atomic E-state index is 4.94. The van der Waals surface area contributed by atoms with E-state index in [9.17, 15) is 0 Å². The Morgan fingerprint density at radius 1 is 0.429 bits per heavy atom. The number of hydrogen-bond acceptors (Lipinski definition) is 4. The lowest BCUT2D eigenvalue weighted by Crippen LogP contribution is -2.19. The van der Waals surface area contributed by atoms with Crippen molar-refractivity contribution in [3.63, 3.8) is 0 Å². The zero-order valence-electron chi connectivity index (χ0n) is 28.1. The van der Waals surface area contributed by atoms with Crippen LogP contribution in [0.25, 0.3) is 0 Å². The number of ether oxygens (including phenoxy) is 2. The summed E-state index contributed by atoms with van der Waals surface area (Å²) >= 11 is 0. The number of nitrogens with zero attached hydrogens (tertiary/aromatic N) is 2. The van der Waals surface area contributed by atoms with Gasteiger partial charge in [0.05, 0.1) is 0 Å². The Morgan fingerprint density at radius 3 is 0.857 bits per heavy atom. The average molecular weight is 505 g/mol. The number of hydrogen-bond donors (Lipinski definition) is 0. The van der Waals surface area contributed by atoms with Crippen molar-refractivity contribution < 1.29 is 9.47 Å². The van der Waals surface area contributed by atoms with Gasteiger partial charge in [0.25, 0.3) is 0 Å². The van der Waals surface area contributed by atoms with Crippen molar-refractivity contribution in [3.05, 3.63) is 0 Å². The third-order valence-corrected chi connectivity index (χ3v) is 4.95. The minimum atomic E-state index is 0.427. The first-order valence-corrected chi connectivity index (χ1v) is 13.7. The fraction of sp³-hybridized carbons (Fsp3) is 1.00. The molecule has 0 saturated carbocycles. The maximum Gasteiger partial charge on any atom is 0.0467 e. The molecule has 218 valence electrons. The zero-order valence-corrected chi connectivity index (χ0v) is 28.1. The van der Waals surface area contributed by atoms with Gasteiger partial charge in [-0.05, 0) is 95.0 Å². The molecule has 0 aliphatic heterocycles. The van der Waals surface area contributed by atoms with E-state index in [4.69, 9.17) is 9.47 Å². The van der Waals surface area contributed by atoms with Crippen LogP contribution in [0.1, 0.15) is 115 Å². The Bertz CT molecular complexity index is 397. The summed E-state index contributed by atoms with van der Waals surface area (Å²) in [4.78, 5) is 4.45. The fourth-order valence-electron chi connectivity index (χ4n) is 2.27. The first-order valence-electron chi connectivity index (χ1n) is 13.7. The molecule has 0 rings (SSSR count). The summed E-state index contributed by atoms with van der Waals surface area (Å²) in [5, 5.41) is 0. The van der Waals surface area contributed by atoms with E-state index in [2.05, 4.69) is 121 Å². The van der Waals surface area contributed by atoms with Gasteiger partial charge in [-0.1, -0.05) is 83.1 Å². The molecule has 35 heavy (non-hydrogen) atoms. The summed E-state index contributed by atoms with van der Waals surface area (Å²) in [6.07, 6.45) is 6.13. The van der Waals surface area contributed by atoms with Crippen LogP contribution < -0.4 is 0 Å². The van der Waals surface area contributed by atoms with Crippen LogP contribution in [0.15, 0.2) is 0 Å². The first kappa shape index (κ1) is 41.9. The van der Waals surface area contributed by atoms with Gasteiger partial charge in [0.15, 0.2) is 0 Å². The van der Waals surface area contributed by atoms with Gasteiger partial charge in [-0.25, -0.2) is 0 Å². The maximum absolute atomic E-state index is 4.94. The van der Waals surface area contributed by atoms with Crippen molar-refractivity contribution in [1.29, 1.82) is 0 Å². The largest absolute Gasteiger partial charge is 0.385 e. The van der Waals surface area contributed by atoms with Crippen LogP contribution in [-0.2, 0) is 9.47 Å². The summed E-state index contributed by atoms with van der Waals surface area (Å²) in [5.41, 5.74) is 1.88. The van der Waals surface area contributed by atoms with Crippen molar-refractivity contribution in [3.8, 4) is 0 Å². The Hall–Kier alpha value is -0.160. The minimum Gasteiger partial charge on any atom is -0.385 e. The van der Waals surface area contributed by atoms with Gasteiger partial charge in [-0.2, -0.15) is 0 Å². The molecular formula is C31H72N2O2. The average Bonchev–Trinajstić information content (AvgIpc) is 2.62. The lowest BCUT2D eigenvalue weighted by Gasteiger charge is -2.20. The molecule has 4 heteroatoms. The second-order valence-corrected chi connectivity index (χ2v) is 15.2. The molecule has 0 fully saturated rings. The molecule has 0 unspecified atom stereocenters. The van der Waals surface area contributed by atoms with E-state index in [-0.39, 0.29) is 0 Å². The molecule has 0 aromatic carbocycles.